The van der Waals surface area contributed by atoms with Crippen LogP contribution in [0.3, 0.4) is 0 Å². The molecule has 98 valence electrons. The van der Waals surface area contributed by atoms with Gasteiger partial charge in [0.15, 0.2) is 0 Å². The predicted octanol–water partition coefficient (Wildman–Crippen LogP) is 1.98. The van der Waals surface area contributed by atoms with Gasteiger partial charge in [0.05, 0.1) is 5.92 Å². The Morgan fingerprint density at radius 2 is 2.17 bits per heavy atom. The normalized spacial score (nSPS) is 41.2. The third kappa shape index (κ3) is 1.84. The molecular weight excluding hydrogens is 232 g/mol. The van der Waals surface area contributed by atoms with Crippen LogP contribution in [0, 0.1) is 11.8 Å². The number of hydrogen-bond donors (Lipinski definition) is 0. The maximum absolute atomic E-state index is 11.8. The van der Waals surface area contributed by atoms with Crippen LogP contribution in [0.25, 0.3) is 0 Å². The molecule has 18 heavy (non-hydrogen) atoms. The number of fused-ring (bicyclic) bond motifs is 1. The van der Waals surface area contributed by atoms with Crippen molar-refractivity contribution < 1.29 is 19.1 Å². The second kappa shape index (κ2) is 3.84. The van der Waals surface area contributed by atoms with Gasteiger partial charge in [-0.1, -0.05) is 6.58 Å². The predicted molar refractivity (Wildman–Crippen MR) is 63.6 cm³/mol. The Morgan fingerprint density at radius 3 is 2.89 bits per heavy atom. The number of esters is 2. The van der Waals surface area contributed by atoms with Crippen LogP contribution in [0.4, 0.5) is 0 Å². The molecule has 4 fully saturated rings. The van der Waals surface area contributed by atoms with Crippen molar-refractivity contribution in [2.24, 2.45) is 11.8 Å². The molecule has 3 unspecified atom stereocenters. The smallest absolute Gasteiger partial charge is 0.333 e. The van der Waals surface area contributed by atoms with Gasteiger partial charge in [-0.15, -0.1) is 0 Å². The van der Waals surface area contributed by atoms with Crippen molar-refractivity contribution in [1.29, 1.82) is 0 Å². The lowest BCUT2D eigenvalue weighted by Crippen LogP contribution is -2.48. The van der Waals surface area contributed by atoms with E-state index in [1.807, 2.05) is 0 Å². The van der Waals surface area contributed by atoms with Crippen LogP contribution in [0.1, 0.15) is 39.0 Å². The topological polar surface area (TPSA) is 52.6 Å². The average Bonchev–Trinajstić information content (AvgIpc) is 2.41. The molecule has 0 aromatic carbocycles. The van der Waals surface area contributed by atoms with Gasteiger partial charge in [-0.05, 0) is 32.1 Å². The van der Waals surface area contributed by atoms with E-state index in [0.29, 0.717) is 24.3 Å². The van der Waals surface area contributed by atoms with Crippen LogP contribution < -0.4 is 0 Å². The minimum atomic E-state index is -0.487. The molecule has 0 spiro atoms. The van der Waals surface area contributed by atoms with Crippen molar-refractivity contribution in [3.63, 3.8) is 0 Å². The van der Waals surface area contributed by atoms with Gasteiger partial charge in [0.2, 0.25) is 0 Å². The van der Waals surface area contributed by atoms with Gasteiger partial charge in [0, 0.05) is 18.4 Å². The average molecular weight is 250 g/mol. The van der Waals surface area contributed by atoms with E-state index < -0.39 is 5.60 Å². The van der Waals surface area contributed by atoms with E-state index in [1.165, 1.54) is 0 Å². The molecule has 2 saturated carbocycles. The molecule has 0 radical (unpaired) electrons. The Morgan fingerprint density at radius 1 is 1.39 bits per heavy atom. The number of ether oxygens (including phenoxy) is 2. The molecule has 0 N–H and O–H groups in total. The second-order valence-electron chi connectivity index (χ2n) is 6.06. The van der Waals surface area contributed by atoms with Crippen molar-refractivity contribution in [2.45, 2.75) is 50.7 Å². The molecule has 2 aliphatic carbocycles. The van der Waals surface area contributed by atoms with Crippen LogP contribution in [0.2, 0.25) is 0 Å². The molecular formula is C14H18O4. The standard InChI is InChI=1S/C14H18O4/c1-8(2)12(15)18-14-5-9-3-10(6-14)13(16)17-11(4-9)7-14/h9-11H,1,3-7H2,2H3/t9-,10?,11?,14?/m1/s1. The molecule has 0 aromatic rings. The van der Waals surface area contributed by atoms with E-state index in [0.717, 1.165) is 19.3 Å². The van der Waals surface area contributed by atoms with Gasteiger partial charge in [-0.3, -0.25) is 4.79 Å². The second-order valence-corrected chi connectivity index (χ2v) is 6.06. The molecule has 0 amide bonds. The lowest BCUT2D eigenvalue weighted by molar-refractivity contribution is -0.169. The van der Waals surface area contributed by atoms with E-state index in [2.05, 4.69) is 6.58 Å². The lowest BCUT2D eigenvalue weighted by atomic mass is 9.65. The largest absolute Gasteiger partial charge is 0.462 e. The van der Waals surface area contributed by atoms with Crippen LogP contribution in [0.5, 0.6) is 0 Å². The number of carbonyl (C=O) groups excluding carboxylic acids is 2. The van der Waals surface area contributed by atoms with Crippen molar-refractivity contribution in [2.75, 3.05) is 0 Å². The Kier molecular flexibility index (Phi) is 2.50. The van der Waals surface area contributed by atoms with Gasteiger partial charge >= 0.3 is 11.9 Å². The van der Waals surface area contributed by atoms with E-state index in [9.17, 15) is 9.59 Å². The van der Waals surface area contributed by atoms with Crippen molar-refractivity contribution in [3.05, 3.63) is 12.2 Å². The third-order valence-corrected chi connectivity index (χ3v) is 4.37. The summed E-state index contributed by atoms with van der Waals surface area (Å²) in [7, 11) is 0. The van der Waals surface area contributed by atoms with Crippen LogP contribution in [0.15, 0.2) is 12.2 Å². The maximum atomic E-state index is 11.8. The summed E-state index contributed by atoms with van der Waals surface area (Å²) >= 11 is 0. The fourth-order valence-electron chi connectivity index (χ4n) is 3.78. The molecule has 4 atom stereocenters. The lowest BCUT2D eigenvalue weighted by Gasteiger charge is -2.45. The molecule has 4 bridgehead atoms. The van der Waals surface area contributed by atoms with Crippen molar-refractivity contribution >= 4 is 11.9 Å². The highest BCUT2D eigenvalue weighted by molar-refractivity contribution is 5.87. The Hall–Kier alpha value is -1.32. The number of carbonyl (C=O) groups is 2. The van der Waals surface area contributed by atoms with Crippen LogP contribution in [-0.2, 0) is 19.1 Å². The number of rotatable bonds is 2. The Bertz CT molecular complexity index is 428. The quantitative estimate of drug-likeness (QED) is 0.555. The van der Waals surface area contributed by atoms with Gasteiger partial charge in [-0.25, -0.2) is 4.79 Å². The van der Waals surface area contributed by atoms with Gasteiger partial charge in [-0.2, -0.15) is 0 Å². The molecule has 4 rings (SSSR count). The molecule has 4 heteroatoms. The molecule has 4 aliphatic rings. The highest BCUT2D eigenvalue weighted by atomic mass is 16.6. The summed E-state index contributed by atoms with van der Waals surface area (Å²) in [4.78, 5) is 23.6. The van der Waals surface area contributed by atoms with Gasteiger partial charge in [0.25, 0.3) is 0 Å². The van der Waals surface area contributed by atoms with Crippen LogP contribution in [-0.4, -0.2) is 23.6 Å². The Balaban J connectivity index is 1.86. The zero-order valence-corrected chi connectivity index (χ0v) is 10.6. The molecule has 2 aliphatic heterocycles. The van der Waals surface area contributed by atoms with Crippen molar-refractivity contribution in [1.82, 2.24) is 0 Å². The summed E-state index contributed by atoms with van der Waals surface area (Å²) in [6.07, 6.45) is 3.90. The van der Waals surface area contributed by atoms with E-state index in [1.54, 1.807) is 6.92 Å². The maximum Gasteiger partial charge on any atom is 0.333 e. The molecule has 0 aromatic heterocycles. The highest BCUT2D eigenvalue weighted by Gasteiger charge is 2.54. The Labute approximate surface area is 106 Å². The SMILES string of the molecule is C=C(C)C(=O)OC12CC3C[C@@H](CC(C1)C(=O)O3)C2. The van der Waals surface area contributed by atoms with Crippen LogP contribution >= 0.6 is 0 Å². The fraction of sp³-hybridized carbons (Fsp3) is 0.714. The summed E-state index contributed by atoms with van der Waals surface area (Å²) in [6, 6.07) is 0. The first-order chi connectivity index (χ1) is 8.47. The summed E-state index contributed by atoms with van der Waals surface area (Å²) in [5.74, 6) is -0.0825. The zero-order chi connectivity index (χ0) is 12.9. The fourth-order valence-corrected chi connectivity index (χ4v) is 3.78. The first-order valence-corrected chi connectivity index (χ1v) is 6.57. The van der Waals surface area contributed by atoms with E-state index >= 15 is 0 Å². The molecule has 4 nitrogen and oxygen atoms in total. The summed E-state index contributed by atoms with van der Waals surface area (Å²) < 4.78 is 11.1. The summed E-state index contributed by atoms with van der Waals surface area (Å²) in [5, 5.41) is 0. The first kappa shape index (κ1) is 11.8. The van der Waals surface area contributed by atoms with E-state index in [-0.39, 0.29) is 24.0 Å². The van der Waals surface area contributed by atoms with Crippen molar-refractivity contribution in [3.8, 4) is 0 Å². The minimum absolute atomic E-state index is 0.0679. The summed E-state index contributed by atoms with van der Waals surface area (Å²) in [5.41, 5.74) is -0.0738. The van der Waals surface area contributed by atoms with Gasteiger partial charge < -0.3 is 9.47 Å². The zero-order valence-electron chi connectivity index (χ0n) is 10.6. The molecule has 2 heterocycles. The monoisotopic (exact) mass is 250 g/mol. The minimum Gasteiger partial charge on any atom is -0.462 e. The summed E-state index contributed by atoms with van der Waals surface area (Å²) in [6.45, 7) is 5.27. The highest BCUT2D eigenvalue weighted by Crippen LogP contribution is 2.51. The number of hydrogen-bond acceptors (Lipinski definition) is 4. The van der Waals surface area contributed by atoms with E-state index in [4.69, 9.17) is 9.47 Å². The molecule has 2 saturated heterocycles. The third-order valence-electron chi connectivity index (χ3n) is 4.37. The first-order valence-electron chi connectivity index (χ1n) is 6.57. The van der Waals surface area contributed by atoms with Gasteiger partial charge in [0.1, 0.15) is 11.7 Å².